The molecule has 154 valence electrons. The summed E-state index contributed by atoms with van der Waals surface area (Å²) in [4.78, 5) is 19.9. The average Bonchev–Trinajstić information content (AvgIpc) is 3.27. The Morgan fingerprint density at radius 2 is 2.10 bits per heavy atom. The second kappa shape index (κ2) is 8.39. The zero-order valence-electron chi connectivity index (χ0n) is 17.8. The van der Waals surface area contributed by atoms with Gasteiger partial charge in [0.2, 0.25) is 5.91 Å². The number of nitrogens with zero attached hydrogens (tertiary/aromatic N) is 5. The maximum absolute atomic E-state index is 12.9. The van der Waals surface area contributed by atoms with Crippen LogP contribution in [0.3, 0.4) is 0 Å². The number of benzene rings is 1. The smallest absolute Gasteiger partial charge is 0.222 e. The predicted molar refractivity (Wildman–Crippen MR) is 115 cm³/mol. The summed E-state index contributed by atoms with van der Waals surface area (Å²) in [6.45, 7) is 6.87. The summed E-state index contributed by atoms with van der Waals surface area (Å²) >= 11 is 0. The van der Waals surface area contributed by atoms with E-state index in [2.05, 4.69) is 46.6 Å². The van der Waals surface area contributed by atoms with Gasteiger partial charge in [-0.25, -0.2) is 4.98 Å². The molecule has 0 N–H and O–H groups in total. The molecule has 0 spiro atoms. The van der Waals surface area contributed by atoms with E-state index in [9.17, 15) is 4.79 Å². The second-order valence-electron chi connectivity index (χ2n) is 8.17. The molecule has 1 aliphatic heterocycles. The molecule has 0 saturated carbocycles. The van der Waals surface area contributed by atoms with Crippen molar-refractivity contribution in [3.05, 3.63) is 47.5 Å². The molecular formula is C23H31N5O. The highest BCUT2D eigenvalue weighted by Gasteiger charge is 2.28. The Kier molecular flexibility index (Phi) is 5.69. The summed E-state index contributed by atoms with van der Waals surface area (Å²) in [5.74, 6) is 1.71. The van der Waals surface area contributed by atoms with Gasteiger partial charge in [-0.2, -0.15) is 5.10 Å². The molecule has 0 bridgehead atoms. The molecule has 1 unspecified atom stereocenters. The largest absolute Gasteiger partial charge is 0.342 e. The SMILES string of the molecule is CCCn1c(C2CCCN(C(=O)CCc3cnn(C)c3C)C2)nc2ccccc21. The van der Waals surface area contributed by atoms with Gasteiger partial charge in [0.15, 0.2) is 0 Å². The van der Waals surface area contributed by atoms with E-state index < -0.39 is 0 Å². The van der Waals surface area contributed by atoms with Crippen molar-refractivity contribution in [3.63, 3.8) is 0 Å². The van der Waals surface area contributed by atoms with E-state index in [1.807, 2.05) is 24.0 Å². The number of aromatic nitrogens is 4. The lowest BCUT2D eigenvalue weighted by Gasteiger charge is -2.33. The molecule has 3 aromatic rings. The normalized spacial score (nSPS) is 17.2. The number of imidazole rings is 1. The van der Waals surface area contributed by atoms with Crippen molar-refractivity contribution in [2.75, 3.05) is 13.1 Å². The number of carbonyl (C=O) groups excluding carboxylic acids is 1. The summed E-state index contributed by atoms with van der Waals surface area (Å²) in [5, 5.41) is 4.29. The first-order chi connectivity index (χ1) is 14.1. The number of amides is 1. The van der Waals surface area contributed by atoms with E-state index in [4.69, 9.17) is 4.98 Å². The van der Waals surface area contributed by atoms with Gasteiger partial charge in [0.1, 0.15) is 5.82 Å². The summed E-state index contributed by atoms with van der Waals surface area (Å²) in [5.41, 5.74) is 4.58. The van der Waals surface area contributed by atoms with Gasteiger partial charge in [-0.3, -0.25) is 9.48 Å². The van der Waals surface area contributed by atoms with Gasteiger partial charge < -0.3 is 9.47 Å². The Labute approximate surface area is 172 Å². The highest BCUT2D eigenvalue weighted by Crippen LogP contribution is 2.30. The molecule has 0 radical (unpaired) electrons. The van der Waals surface area contributed by atoms with Crippen LogP contribution >= 0.6 is 0 Å². The van der Waals surface area contributed by atoms with Crippen molar-refractivity contribution < 1.29 is 4.79 Å². The molecule has 6 heteroatoms. The van der Waals surface area contributed by atoms with E-state index in [1.54, 1.807) is 0 Å². The highest BCUT2D eigenvalue weighted by atomic mass is 16.2. The van der Waals surface area contributed by atoms with Crippen LogP contribution in [-0.2, 0) is 24.8 Å². The number of rotatable bonds is 6. The zero-order chi connectivity index (χ0) is 20.4. The molecular weight excluding hydrogens is 362 g/mol. The van der Waals surface area contributed by atoms with Crippen LogP contribution in [0.1, 0.15) is 55.6 Å². The van der Waals surface area contributed by atoms with Crippen molar-refractivity contribution in [1.29, 1.82) is 0 Å². The fourth-order valence-corrected chi connectivity index (χ4v) is 4.47. The van der Waals surface area contributed by atoms with Gasteiger partial charge in [0.05, 0.1) is 17.2 Å². The number of fused-ring (bicyclic) bond motifs is 1. The predicted octanol–water partition coefficient (Wildman–Crippen LogP) is 3.83. The van der Waals surface area contributed by atoms with Gasteiger partial charge in [-0.15, -0.1) is 0 Å². The molecule has 2 aromatic heterocycles. The van der Waals surface area contributed by atoms with Crippen LogP contribution in [0.2, 0.25) is 0 Å². The summed E-state index contributed by atoms with van der Waals surface area (Å²) in [7, 11) is 1.94. The summed E-state index contributed by atoms with van der Waals surface area (Å²) in [6, 6.07) is 8.38. The lowest BCUT2D eigenvalue weighted by Crippen LogP contribution is -2.39. The van der Waals surface area contributed by atoms with Crippen LogP contribution in [0.5, 0.6) is 0 Å². The first-order valence-corrected chi connectivity index (χ1v) is 10.8. The molecule has 4 rings (SSSR count). The van der Waals surface area contributed by atoms with Gasteiger partial charge >= 0.3 is 0 Å². The van der Waals surface area contributed by atoms with E-state index in [-0.39, 0.29) is 5.91 Å². The number of likely N-dealkylation sites (tertiary alicyclic amines) is 1. The minimum atomic E-state index is 0.246. The maximum Gasteiger partial charge on any atom is 0.222 e. The van der Waals surface area contributed by atoms with Gasteiger partial charge in [0, 0.05) is 44.7 Å². The van der Waals surface area contributed by atoms with E-state index in [0.29, 0.717) is 12.3 Å². The van der Waals surface area contributed by atoms with Crippen molar-refractivity contribution in [1.82, 2.24) is 24.2 Å². The molecule has 1 aromatic carbocycles. The van der Waals surface area contributed by atoms with Gasteiger partial charge in [-0.05, 0) is 50.3 Å². The Balaban J connectivity index is 1.48. The summed E-state index contributed by atoms with van der Waals surface area (Å²) < 4.78 is 4.24. The van der Waals surface area contributed by atoms with Crippen LogP contribution in [0.4, 0.5) is 0 Å². The van der Waals surface area contributed by atoms with Gasteiger partial charge in [-0.1, -0.05) is 19.1 Å². The van der Waals surface area contributed by atoms with E-state index >= 15 is 0 Å². The standard InChI is InChI=1S/C23H31N5O/c1-4-13-28-21-10-6-5-9-20(21)25-23(28)19-8-7-14-27(16-19)22(29)12-11-18-15-24-26(3)17(18)2/h5-6,9-10,15,19H,4,7-8,11-14,16H2,1-3H3. The molecule has 3 heterocycles. The van der Waals surface area contributed by atoms with Crippen molar-refractivity contribution in [2.45, 2.75) is 58.4 Å². The lowest BCUT2D eigenvalue weighted by atomic mass is 9.96. The molecule has 29 heavy (non-hydrogen) atoms. The van der Waals surface area contributed by atoms with Gasteiger partial charge in [0.25, 0.3) is 0 Å². The molecule has 1 fully saturated rings. The highest BCUT2D eigenvalue weighted by molar-refractivity contribution is 5.77. The average molecular weight is 394 g/mol. The molecule has 1 aliphatic rings. The Bertz CT molecular complexity index is 1000. The molecule has 1 amide bonds. The summed E-state index contributed by atoms with van der Waals surface area (Å²) in [6.07, 6.45) is 6.40. The number of aryl methyl sites for hydroxylation is 3. The second-order valence-corrected chi connectivity index (χ2v) is 8.17. The monoisotopic (exact) mass is 393 g/mol. The number of hydrogen-bond donors (Lipinski definition) is 0. The maximum atomic E-state index is 12.9. The van der Waals surface area contributed by atoms with Crippen LogP contribution in [0.15, 0.2) is 30.5 Å². The Morgan fingerprint density at radius 3 is 2.86 bits per heavy atom. The third kappa shape index (κ3) is 3.93. The number of carbonyl (C=O) groups is 1. The third-order valence-corrected chi connectivity index (χ3v) is 6.22. The number of piperidine rings is 1. The molecule has 1 atom stereocenters. The van der Waals surface area contributed by atoms with Crippen LogP contribution < -0.4 is 0 Å². The number of para-hydroxylation sites is 2. The molecule has 6 nitrogen and oxygen atoms in total. The molecule has 0 aliphatic carbocycles. The minimum absolute atomic E-state index is 0.246. The molecule has 1 saturated heterocycles. The first-order valence-electron chi connectivity index (χ1n) is 10.8. The van der Waals surface area contributed by atoms with E-state index in [0.717, 1.165) is 62.4 Å². The number of hydrogen-bond acceptors (Lipinski definition) is 3. The van der Waals surface area contributed by atoms with Crippen LogP contribution in [-0.4, -0.2) is 43.2 Å². The topological polar surface area (TPSA) is 56.0 Å². The zero-order valence-corrected chi connectivity index (χ0v) is 17.8. The Morgan fingerprint density at radius 1 is 1.28 bits per heavy atom. The van der Waals surface area contributed by atoms with Crippen LogP contribution in [0, 0.1) is 6.92 Å². The fourth-order valence-electron chi connectivity index (χ4n) is 4.47. The Hall–Kier alpha value is -2.63. The lowest BCUT2D eigenvalue weighted by molar-refractivity contribution is -0.132. The van der Waals surface area contributed by atoms with Crippen molar-refractivity contribution in [2.24, 2.45) is 7.05 Å². The van der Waals surface area contributed by atoms with Crippen molar-refractivity contribution in [3.8, 4) is 0 Å². The quantitative estimate of drug-likeness (QED) is 0.640. The van der Waals surface area contributed by atoms with Crippen LogP contribution in [0.25, 0.3) is 11.0 Å². The first kappa shape index (κ1) is 19.7. The minimum Gasteiger partial charge on any atom is -0.342 e. The van der Waals surface area contributed by atoms with E-state index in [1.165, 1.54) is 11.1 Å². The third-order valence-electron chi connectivity index (χ3n) is 6.22. The fraction of sp³-hybridized carbons (Fsp3) is 0.522. The van der Waals surface area contributed by atoms with Crippen molar-refractivity contribution >= 4 is 16.9 Å².